The average Bonchev–Trinajstić information content (AvgIpc) is 2.92. The van der Waals surface area contributed by atoms with Gasteiger partial charge in [-0.25, -0.2) is 4.39 Å². The number of nitrogens with zero attached hydrogens (tertiary/aromatic N) is 1. The summed E-state index contributed by atoms with van der Waals surface area (Å²) in [6.07, 6.45) is 2.94. The van der Waals surface area contributed by atoms with Crippen LogP contribution in [0.5, 0.6) is 0 Å². The molecule has 5 heteroatoms. The van der Waals surface area contributed by atoms with Gasteiger partial charge in [0, 0.05) is 32.3 Å². The molecule has 0 fully saturated rings. The summed E-state index contributed by atoms with van der Waals surface area (Å²) >= 11 is 0. The lowest BCUT2D eigenvalue weighted by atomic mass is 10.00. The second-order valence-corrected chi connectivity index (χ2v) is 5.34. The number of rotatable bonds is 2. The van der Waals surface area contributed by atoms with E-state index in [9.17, 15) is 9.18 Å². The first kappa shape index (κ1) is 13.8. The van der Waals surface area contributed by atoms with Crippen molar-refractivity contribution in [2.75, 3.05) is 27.2 Å². The summed E-state index contributed by atoms with van der Waals surface area (Å²) in [4.78, 5) is 13.3. The first-order chi connectivity index (χ1) is 10.1. The maximum absolute atomic E-state index is 14.7. The fourth-order valence-corrected chi connectivity index (χ4v) is 2.50. The van der Waals surface area contributed by atoms with Crippen LogP contribution in [0.4, 0.5) is 4.39 Å². The van der Waals surface area contributed by atoms with Crippen LogP contribution >= 0.6 is 0 Å². The van der Waals surface area contributed by atoms with Crippen LogP contribution < -0.4 is 5.32 Å². The van der Waals surface area contributed by atoms with Crippen molar-refractivity contribution in [1.29, 1.82) is 0 Å². The Morgan fingerprint density at radius 2 is 2.19 bits per heavy atom. The zero-order valence-electron chi connectivity index (χ0n) is 12.1. The highest BCUT2D eigenvalue weighted by molar-refractivity contribution is 5.96. The van der Waals surface area contributed by atoms with Gasteiger partial charge >= 0.3 is 0 Å². The van der Waals surface area contributed by atoms with Gasteiger partial charge in [-0.05, 0) is 30.7 Å². The van der Waals surface area contributed by atoms with Crippen LogP contribution in [0.15, 0.2) is 28.7 Å². The molecule has 0 radical (unpaired) electrons. The highest BCUT2D eigenvalue weighted by atomic mass is 19.1. The van der Waals surface area contributed by atoms with E-state index in [1.54, 1.807) is 26.2 Å². The van der Waals surface area contributed by atoms with Gasteiger partial charge in [0.05, 0.1) is 5.39 Å². The van der Waals surface area contributed by atoms with E-state index >= 15 is 0 Å². The highest BCUT2D eigenvalue weighted by Crippen LogP contribution is 2.29. The molecular formula is C16H17FN2O2. The standard InChI is InChI=1S/C16H17FN2O2/c1-19(2)16(20)14-8-12-13(21-14)6-5-11(15(12)17)10-4-3-7-18-9-10/h4-6,8,18H,3,7,9H2,1-2H3. The Kier molecular flexibility index (Phi) is 3.51. The molecule has 2 aromatic rings. The topological polar surface area (TPSA) is 45.5 Å². The normalized spacial score (nSPS) is 15.1. The molecule has 110 valence electrons. The van der Waals surface area contributed by atoms with Gasteiger partial charge in [-0.15, -0.1) is 0 Å². The minimum absolute atomic E-state index is 0.154. The molecule has 3 rings (SSSR count). The number of amides is 1. The molecule has 0 spiro atoms. The summed E-state index contributed by atoms with van der Waals surface area (Å²) in [6.45, 7) is 1.57. The van der Waals surface area contributed by atoms with Crippen LogP contribution in [0.2, 0.25) is 0 Å². The number of furan rings is 1. The minimum atomic E-state index is -0.330. The highest BCUT2D eigenvalue weighted by Gasteiger charge is 2.19. The van der Waals surface area contributed by atoms with E-state index in [0.29, 0.717) is 23.1 Å². The SMILES string of the molecule is CN(C)C(=O)c1cc2c(F)c(C3=CCCNC3)ccc2o1. The van der Waals surface area contributed by atoms with Crippen molar-refractivity contribution in [3.05, 3.63) is 41.4 Å². The number of halogens is 1. The Hall–Kier alpha value is -2.14. The summed E-state index contributed by atoms with van der Waals surface area (Å²) in [5, 5.41) is 3.58. The maximum Gasteiger partial charge on any atom is 0.289 e. The Morgan fingerprint density at radius 3 is 2.86 bits per heavy atom. The lowest BCUT2D eigenvalue weighted by Gasteiger charge is -2.15. The Bertz CT molecular complexity index is 731. The summed E-state index contributed by atoms with van der Waals surface area (Å²) in [5.41, 5.74) is 1.91. The third kappa shape index (κ3) is 2.45. The van der Waals surface area contributed by atoms with E-state index in [4.69, 9.17) is 4.42 Å². The fraction of sp³-hybridized carbons (Fsp3) is 0.312. The van der Waals surface area contributed by atoms with Gasteiger partial charge in [0.25, 0.3) is 5.91 Å². The third-order valence-corrected chi connectivity index (χ3v) is 3.63. The van der Waals surface area contributed by atoms with Gasteiger partial charge in [0.2, 0.25) is 0 Å². The van der Waals surface area contributed by atoms with Crippen LogP contribution in [-0.4, -0.2) is 38.0 Å². The van der Waals surface area contributed by atoms with E-state index in [0.717, 1.165) is 18.5 Å². The Morgan fingerprint density at radius 1 is 1.38 bits per heavy atom. The fourth-order valence-electron chi connectivity index (χ4n) is 2.50. The van der Waals surface area contributed by atoms with Gasteiger partial charge < -0.3 is 14.6 Å². The predicted molar refractivity (Wildman–Crippen MR) is 79.7 cm³/mol. The molecule has 1 N–H and O–H groups in total. The zero-order chi connectivity index (χ0) is 15.0. The van der Waals surface area contributed by atoms with E-state index in [-0.39, 0.29) is 17.5 Å². The Labute approximate surface area is 122 Å². The predicted octanol–water partition coefficient (Wildman–Crippen LogP) is 2.65. The number of carbonyl (C=O) groups excluding carboxylic acids is 1. The van der Waals surface area contributed by atoms with Crippen LogP contribution in [0.3, 0.4) is 0 Å². The van der Waals surface area contributed by atoms with Crippen molar-refractivity contribution >= 4 is 22.4 Å². The van der Waals surface area contributed by atoms with Crippen molar-refractivity contribution in [2.45, 2.75) is 6.42 Å². The molecular weight excluding hydrogens is 271 g/mol. The molecule has 2 heterocycles. The monoisotopic (exact) mass is 288 g/mol. The molecule has 0 atom stereocenters. The second kappa shape index (κ2) is 5.33. The van der Waals surface area contributed by atoms with Gasteiger partial charge in [-0.2, -0.15) is 0 Å². The quantitative estimate of drug-likeness (QED) is 0.924. The second-order valence-electron chi connectivity index (χ2n) is 5.34. The van der Waals surface area contributed by atoms with Gasteiger partial charge in [-0.3, -0.25) is 4.79 Å². The van der Waals surface area contributed by atoms with Gasteiger partial charge in [0.1, 0.15) is 11.4 Å². The van der Waals surface area contributed by atoms with Crippen molar-refractivity contribution < 1.29 is 13.6 Å². The maximum atomic E-state index is 14.7. The molecule has 1 aliphatic heterocycles. The largest absolute Gasteiger partial charge is 0.451 e. The molecule has 0 saturated heterocycles. The van der Waals surface area contributed by atoms with E-state index in [1.807, 2.05) is 6.08 Å². The number of benzene rings is 1. The summed E-state index contributed by atoms with van der Waals surface area (Å²) in [7, 11) is 3.27. The van der Waals surface area contributed by atoms with Crippen LogP contribution in [0, 0.1) is 5.82 Å². The molecule has 0 unspecified atom stereocenters. The molecule has 4 nitrogen and oxygen atoms in total. The summed E-state index contributed by atoms with van der Waals surface area (Å²) in [5.74, 6) is -0.448. The summed E-state index contributed by atoms with van der Waals surface area (Å²) in [6, 6.07) is 4.91. The molecule has 1 amide bonds. The molecule has 21 heavy (non-hydrogen) atoms. The molecule has 1 aromatic carbocycles. The Balaban J connectivity index is 2.08. The van der Waals surface area contributed by atoms with E-state index < -0.39 is 0 Å². The minimum Gasteiger partial charge on any atom is -0.451 e. The van der Waals surface area contributed by atoms with Gasteiger partial charge in [-0.1, -0.05) is 6.08 Å². The molecule has 1 aliphatic rings. The number of carbonyl (C=O) groups is 1. The lowest BCUT2D eigenvalue weighted by molar-refractivity contribution is 0.0799. The summed E-state index contributed by atoms with van der Waals surface area (Å²) < 4.78 is 20.1. The van der Waals surface area contributed by atoms with E-state index in [1.165, 1.54) is 11.0 Å². The van der Waals surface area contributed by atoms with Crippen molar-refractivity contribution in [3.63, 3.8) is 0 Å². The molecule has 0 aliphatic carbocycles. The van der Waals surface area contributed by atoms with E-state index in [2.05, 4.69) is 5.32 Å². The smallest absolute Gasteiger partial charge is 0.289 e. The van der Waals surface area contributed by atoms with Gasteiger partial charge in [0.15, 0.2) is 5.76 Å². The number of fused-ring (bicyclic) bond motifs is 1. The average molecular weight is 288 g/mol. The third-order valence-electron chi connectivity index (χ3n) is 3.63. The molecule has 0 bridgehead atoms. The van der Waals surface area contributed by atoms with Crippen LogP contribution in [-0.2, 0) is 0 Å². The number of hydrogen-bond acceptors (Lipinski definition) is 3. The molecule has 1 aromatic heterocycles. The molecule has 0 saturated carbocycles. The van der Waals surface area contributed by atoms with Crippen LogP contribution in [0.25, 0.3) is 16.5 Å². The first-order valence-electron chi connectivity index (χ1n) is 6.92. The zero-order valence-corrected chi connectivity index (χ0v) is 12.1. The lowest BCUT2D eigenvalue weighted by Crippen LogP contribution is -2.21. The number of hydrogen-bond donors (Lipinski definition) is 1. The number of nitrogens with one attached hydrogen (secondary N) is 1. The van der Waals surface area contributed by atoms with Crippen LogP contribution in [0.1, 0.15) is 22.5 Å². The van der Waals surface area contributed by atoms with Crippen molar-refractivity contribution in [3.8, 4) is 0 Å². The first-order valence-corrected chi connectivity index (χ1v) is 6.92. The van der Waals surface area contributed by atoms with Crippen molar-refractivity contribution in [1.82, 2.24) is 10.2 Å². The van der Waals surface area contributed by atoms with Crippen molar-refractivity contribution in [2.24, 2.45) is 0 Å².